The van der Waals surface area contributed by atoms with E-state index in [9.17, 15) is 0 Å². The van der Waals surface area contributed by atoms with Gasteiger partial charge in [0.2, 0.25) is 0 Å². The van der Waals surface area contributed by atoms with Gasteiger partial charge in [-0.25, -0.2) is 9.97 Å². The van der Waals surface area contributed by atoms with Crippen LogP contribution in [-0.2, 0) is 5.41 Å². The average molecular weight is 409 g/mol. The number of rotatable bonds is 0. The standard InChI is InChI=1S/C29H19N3/c1-29(2)20-11-5-3-9-16(20)18-15-19-26-28(31-22-13-7-6-12-21(22)30-26)32-23-14-8-4-10-17(23)24(25(18)29)27(19)32/h3-15H,1-2H3. The molecule has 3 heteroatoms. The molecule has 1 aliphatic rings. The molecule has 0 aliphatic heterocycles. The van der Waals surface area contributed by atoms with E-state index in [0.29, 0.717) is 0 Å². The SMILES string of the molecule is CC1(C)c2ccccc2-c2cc3c4nc5ccccc5nc4n4c5ccccc5c(c21)c34. The van der Waals surface area contributed by atoms with Gasteiger partial charge >= 0.3 is 0 Å². The van der Waals surface area contributed by atoms with Crippen molar-refractivity contribution in [1.82, 2.24) is 14.4 Å². The van der Waals surface area contributed by atoms with E-state index in [1.54, 1.807) is 0 Å². The molecule has 0 unspecified atom stereocenters. The fourth-order valence-corrected chi connectivity index (χ4v) is 6.15. The molecule has 7 aromatic rings. The van der Waals surface area contributed by atoms with Crippen molar-refractivity contribution in [2.45, 2.75) is 19.3 Å². The molecule has 0 saturated carbocycles. The van der Waals surface area contributed by atoms with Crippen LogP contribution < -0.4 is 0 Å². The number of aromatic nitrogens is 3. The summed E-state index contributed by atoms with van der Waals surface area (Å²) in [7, 11) is 0. The molecular weight excluding hydrogens is 390 g/mol. The molecular formula is C29H19N3. The lowest BCUT2D eigenvalue weighted by atomic mass is 9.80. The zero-order valence-corrected chi connectivity index (χ0v) is 17.8. The van der Waals surface area contributed by atoms with Crippen molar-refractivity contribution in [3.8, 4) is 11.1 Å². The van der Waals surface area contributed by atoms with Crippen molar-refractivity contribution in [3.63, 3.8) is 0 Å². The topological polar surface area (TPSA) is 30.2 Å². The zero-order chi connectivity index (χ0) is 21.2. The Morgan fingerprint density at radius 3 is 2.31 bits per heavy atom. The summed E-state index contributed by atoms with van der Waals surface area (Å²) in [5.41, 5.74) is 11.7. The molecule has 0 amide bonds. The first-order valence-corrected chi connectivity index (χ1v) is 11.1. The minimum absolute atomic E-state index is 0.0697. The summed E-state index contributed by atoms with van der Waals surface area (Å²) in [5.74, 6) is 0. The molecule has 8 rings (SSSR count). The van der Waals surface area contributed by atoms with Gasteiger partial charge in [0.1, 0.15) is 5.52 Å². The number of hydrogen-bond donors (Lipinski definition) is 0. The first-order chi connectivity index (χ1) is 15.6. The van der Waals surface area contributed by atoms with E-state index in [0.717, 1.165) is 22.2 Å². The maximum Gasteiger partial charge on any atom is 0.165 e. The van der Waals surface area contributed by atoms with E-state index < -0.39 is 0 Å². The third-order valence-electron chi connectivity index (χ3n) is 7.47. The lowest BCUT2D eigenvalue weighted by Crippen LogP contribution is -2.15. The summed E-state index contributed by atoms with van der Waals surface area (Å²) in [4.78, 5) is 10.2. The predicted octanol–water partition coefficient (Wildman–Crippen LogP) is 7.09. The molecule has 0 radical (unpaired) electrons. The molecule has 0 N–H and O–H groups in total. The first kappa shape index (κ1) is 16.7. The van der Waals surface area contributed by atoms with Gasteiger partial charge in [0.25, 0.3) is 0 Å². The summed E-state index contributed by atoms with van der Waals surface area (Å²) in [5, 5.41) is 3.83. The molecule has 1 aliphatic carbocycles. The first-order valence-electron chi connectivity index (χ1n) is 11.1. The van der Waals surface area contributed by atoms with Crippen molar-refractivity contribution in [2.75, 3.05) is 0 Å². The Balaban J connectivity index is 1.72. The van der Waals surface area contributed by atoms with Gasteiger partial charge in [0.15, 0.2) is 5.65 Å². The van der Waals surface area contributed by atoms with E-state index in [4.69, 9.17) is 9.97 Å². The lowest BCUT2D eigenvalue weighted by molar-refractivity contribution is 0.667. The largest absolute Gasteiger partial charge is 0.291 e. The monoisotopic (exact) mass is 409 g/mol. The maximum absolute atomic E-state index is 5.11. The summed E-state index contributed by atoms with van der Waals surface area (Å²) in [6, 6.07) is 28.1. The number of para-hydroxylation sites is 3. The van der Waals surface area contributed by atoms with Gasteiger partial charge in [-0.1, -0.05) is 68.4 Å². The van der Waals surface area contributed by atoms with Gasteiger partial charge in [-0.15, -0.1) is 0 Å². The van der Waals surface area contributed by atoms with Gasteiger partial charge in [-0.05, 0) is 46.5 Å². The minimum atomic E-state index is -0.0697. The third-order valence-corrected chi connectivity index (χ3v) is 7.47. The minimum Gasteiger partial charge on any atom is -0.291 e. The Bertz CT molecular complexity index is 1910. The van der Waals surface area contributed by atoms with Crippen LogP contribution in [0.3, 0.4) is 0 Å². The Kier molecular flexibility index (Phi) is 2.74. The Morgan fingerprint density at radius 2 is 1.44 bits per heavy atom. The highest BCUT2D eigenvalue weighted by atomic mass is 15.0. The van der Waals surface area contributed by atoms with Crippen LogP contribution >= 0.6 is 0 Å². The molecule has 32 heavy (non-hydrogen) atoms. The van der Waals surface area contributed by atoms with Gasteiger partial charge < -0.3 is 0 Å². The quantitative estimate of drug-likeness (QED) is 0.268. The molecule has 3 aromatic heterocycles. The Hall–Kier alpha value is -3.98. The summed E-state index contributed by atoms with van der Waals surface area (Å²) < 4.78 is 2.34. The highest BCUT2D eigenvalue weighted by Crippen LogP contribution is 2.55. The predicted molar refractivity (Wildman–Crippen MR) is 132 cm³/mol. The van der Waals surface area contributed by atoms with Crippen LogP contribution in [0, 0.1) is 0 Å². The molecule has 0 atom stereocenters. The highest BCUT2D eigenvalue weighted by Gasteiger charge is 2.39. The van der Waals surface area contributed by atoms with Crippen molar-refractivity contribution >= 4 is 49.4 Å². The van der Waals surface area contributed by atoms with Gasteiger partial charge in [-0.2, -0.15) is 0 Å². The maximum atomic E-state index is 5.11. The third kappa shape index (κ3) is 1.73. The van der Waals surface area contributed by atoms with Crippen LogP contribution in [0.4, 0.5) is 0 Å². The van der Waals surface area contributed by atoms with Crippen molar-refractivity contribution in [1.29, 1.82) is 0 Å². The van der Waals surface area contributed by atoms with E-state index in [-0.39, 0.29) is 5.41 Å². The molecule has 0 fully saturated rings. The average Bonchev–Trinajstić information content (AvgIpc) is 3.40. The molecule has 150 valence electrons. The van der Waals surface area contributed by atoms with Crippen LogP contribution in [0.15, 0.2) is 78.9 Å². The van der Waals surface area contributed by atoms with E-state index in [1.165, 1.54) is 49.4 Å². The molecule has 0 bridgehead atoms. The summed E-state index contributed by atoms with van der Waals surface area (Å²) in [6.45, 7) is 4.72. The van der Waals surface area contributed by atoms with Crippen molar-refractivity contribution < 1.29 is 0 Å². The van der Waals surface area contributed by atoms with E-state index >= 15 is 0 Å². The molecule has 0 saturated heterocycles. The van der Waals surface area contributed by atoms with Crippen LogP contribution in [0.25, 0.3) is 60.5 Å². The Labute approximate surface area is 184 Å². The number of nitrogens with zero attached hydrogens (tertiary/aromatic N) is 3. The highest BCUT2D eigenvalue weighted by molar-refractivity contribution is 6.25. The van der Waals surface area contributed by atoms with Crippen LogP contribution in [0.1, 0.15) is 25.0 Å². The zero-order valence-electron chi connectivity index (χ0n) is 17.8. The number of fused-ring (bicyclic) bond motifs is 11. The fourth-order valence-electron chi connectivity index (χ4n) is 6.15. The van der Waals surface area contributed by atoms with Gasteiger partial charge in [0, 0.05) is 21.6 Å². The van der Waals surface area contributed by atoms with Crippen LogP contribution in [0.2, 0.25) is 0 Å². The second kappa shape index (κ2) is 5.25. The summed E-state index contributed by atoms with van der Waals surface area (Å²) in [6.07, 6.45) is 0. The van der Waals surface area contributed by atoms with Gasteiger partial charge in [-0.3, -0.25) is 4.40 Å². The van der Waals surface area contributed by atoms with Crippen molar-refractivity contribution in [2.24, 2.45) is 0 Å². The van der Waals surface area contributed by atoms with Crippen molar-refractivity contribution in [3.05, 3.63) is 90.0 Å². The second-order valence-electron chi connectivity index (χ2n) is 9.48. The fraction of sp³-hybridized carbons (Fsp3) is 0.103. The normalized spacial score (nSPS) is 14.8. The molecule has 4 aromatic carbocycles. The second-order valence-corrected chi connectivity index (χ2v) is 9.48. The van der Waals surface area contributed by atoms with Crippen LogP contribution in [-0.4, -0.2) is 14.4 Å². The molecule has 0 spiro atoms. The smallest absolute Gasteiger partial charge is 0.165 e. The number of benzene rings is 4. The molecule has 3 nitrogen and oxygen atoms in total. The molecule has 3 heterocycles. The Morgan fingerprint density at radius 1 is 0.719 bits per heavy atom. The van der Waals surface area contributed by atoms with Crippen LogP contribution in [0.5, 0.6) is 0 Å². The summed E-state index contributed by atoms with van der Waals surface area (Å²) >= 11 is 0. The van der Waals surface area contributed by atoms with E-state index in [2.05, 4.69) is 78.9 Å². The van der Waals surface area contributed by atoms with Gasteiger partial charge in [0.05, 0.1) is 22.1 Å². The van der Waals surface area contributed by atoms with E-state index in [1.807, 2.05) is 18.2 Å². The number of hydrogen-bond acceptors (Lipinski definition) is 2. The lowest BCUT2D eigenvalue weighted by Gasteiger charge is -2.22.